The number of nitrogens with two attached hydrogens (primary N) is 1. The minimum absolute atomic E-state index is 0.370. The number of nitrogens with zero attached hydrogens (tertiary/aromatic N) is 1. The Morgan fingerprint density at radius 3 is 2.44 bits per heavy atom. The Balaban J connectivity index is 1.75. The van der Waals surface area contributed by atoms with Gasteiger partial charge in [-0.2, -0.15) is 11.8 Å². The van der Waals surface area contributed by atoms with Crippen LogP contribution in [0.15, 0.2) is 0 Å². The van der Waals surface area contributed by atoms with E-state index >= 15 is 0 Å². The van der Waals surface area contributed by atoms with Gasteiger partial charge in [0.25, 0.3) is 0 Å². The van der Waals surface area contributed by atoms with Gasteiger partial charge < -0.3 is 5.73 Å². The van der Waals surface area contributed by atoms with E-state index in [4.69, 9.17) is 5.73 Å². The number of rotatable bonds is 3. The van der Waals surface area contributed by atoms with E-state index in [0.717, 1.165) is 18.5 Å². The summed E-state index contributed by atoms with van der Waals surface area (Å²) < 4.78 is 0. The van der Waals surface area contributed by atoms with Crippen LogP contribution < -0.4 is 5.73 Å². The van der Waals surface area contributed by atoms with Crippen molar-refractivity contribution >= 4 is 11.8 Å². The summed E-state index contributed by atoms with van der Waals surface area (Å²) >= 11 is 2.12. The van der Waals surface area contributed by atoms with Gasteiger partial charge in [0, 0.05) is 18.1 Å². The van der Waals surface area contributed by atoms with Crippen molar-refractivity contribution in [2.24, 2.45) is 11.7 Å². The van der Waals surface area contributed by atoms with E-state index in [1.165, 1.54) is 69.4 Å². The number of thioether (sulfide) groups is 1. The lowest BCUT2D eigenvalue weighted by atomic mass is 9.86. The summed E-state index contributed by atoms with van der Waals surface area (Å²) in [5, 5.41) is 0. The first-order valence-electron chi connectivity index (χ1n) is 7.90. The van der Waals surface area contributed by atoms with Crippen molar-refractivity contribution in [2.75, 3.05) is 24.6 Å². The summed E-state index contributed by atoms with van der Waals surface area (Å²) in [6, 6.07) is 0.874. The fraction of sp³-hybridized carbons (Fsp3) is 1.00. The van der Waals surface area contributed by atoms with E-state index in [2.05, 4.69) is 16.7 Å². The van der Waals surface area contributed by atoms with Crippen LogP contribution in [0.3, 0.4) is 0 Å². The van der Waals surface area contributed by atoms with Crippen LogP contribution in [0.1, 0.15) is 51.4 Å². The fourth-order valence-electron chi connectivity index (χ4n) is 4.57. The smallest absolute Gasteiger partial charge is 0.0350 e. The van der Waals surface area contributed by atoms with Gasteiger partial charge in [0.1, 0.15) is 0 Å². The second kappa shape index (κ2) is 5.72. The van der Waals surface area contributed by atoms with Crippen molar-refractivity contribution in [3.8, 4) is 0 Å². The van der Waals surface area contributed by atoms with Gasteiger partial charge in [0.2, 0.25) is 0 Å². The van der Waals surface area contributed by atoms with Crippen molar-refractivity contribution in [2.45, 2.75) is 62.9 Å². The molecule has 3 fully saturated rings. The van der Waals surface area contributed by atoms with Crippen molar-refractivity contribution < 1.29 is 0 Å². The minimum Gasteiger partial charge on any atom is -0.329 e. The number of likely N-dealkylation sites (tertiary alicyclic amines) is 1. The zero-order valence-electron chi connectivity index (χ0n) is 11.6. The molecule has 0 aromatic rings. The standard InChI is InChI=1S/C15H28N2S/c16-12-15(7-10-18-11-8-15)17-9-3-6-14(17)13-4-1-2-5-13/h13-14H,1-12,16H2. The summed E-state index contributed by atoms with van der Waals surface area (Å²) in [5.41, 5.74) is 6.60. The second-order valence-electron chi connectivity index (χ2n) is 6.49. The molecule has 0 amide bonds. The maximum atomic E-state index is 6.23. The first-order valence-corrected chi connectivity index (χ1v) is 9.06. The number of hydrogen-bond donors (Lipinski definition) is 1. The molecule has 3 aliphatic rings. The van der Waals surface area contributed by atoms with Gasteiger partial charge in [-0.15, -0.1) is 0 Å². The molecule has 2 N–H and O–H groups in total. The van der Waals surface area contributed by atoms with Crippen molar-refractivity contribution in [1.29, 1.82) is 0 Å². The molecule has 18 heavy (non-hydrogen) atoms. The second-order valence-corrected chi connectivity index (χ2v) is 7.71. The van der Waals surface area contributed by atoms with Crippen molar-refractivity contribution in [3.05, 3.63) is 0 Å². The molecule has 1 atom stereocenters. The van der Waals surface area contributed by atoms with Crippen molar-refractivity contribution in [3.63, 3.8) is 0 Å². The maximum absolute atomic E-state index is 6.23. The molecule has 1 unspecified atom stereocenters. The highest BCUT2D eigenvalue weighted by Gasteiger charge is 2.45. The van der Waals surface area contributed by atoms with Gasteiger partial charge in [-0.3, -0.25) is 4.90 Å². The average Bonchev–Trinajstić information content (AvgIpc) is 3.10. The van der Waals surface area contributed by atoms with Crippen LogP contribution in [0.25, 0.3) is 0 Å². The fourth-order valence-corrected chi connectivity index (χ4v) is 5.83. The van der Waals surface area contributed by atoms with Gasteiger partial charge in [-0.05, 0) is 62.5 Å². The zero-order chi connectivity index (χ0) is 12.4. The molecule has 2 heterocycles. The minimum atomic E-state index is 0.370. The lowest BCUT2D eigenvalue weighted by molar-refractivity contribution is 0.0466. The SMILES string of the molecule is NCC1(N2CCCC2C2CCCC2)CCSCC1. The van der Waals surface area contributed by atoms with E-state index < -0.39 is 0 Å². The molecule has 3 heteroatoms. The van der Waals surface area contributed by atoms with Gasteiger partial charge in [-0.25, -0.2) is 0 Å². The molecule has 3 rings (SSSR count). The third kappa shape index (κ3) is 2.34. The molecule has 0 aromatic carbocycles. The summed E-state index contributed by atoms with van der Waals surface area (Å²) in [5.74, 6) is 3.64. The summed E-state index contributed by atoms with van der Waals surface area (Å²) in [6.45, 7) is 2.21. The Labute approximate surface area is 116 Å². The predicted octanol–water partition coefficient (Wildman–Crippen LogP) is 2.87. The summed E-state index contributed by atoms with van der Waals surface area (Å²) in [7, 11) is 0. The maximum Gasteiger partial charge on any atom is 0.0350 e. The van der Waals surface area contributed by atoms with Crippen LogP contribution in [-0.4, -0.2) is 41.1 Å². The van der Waals surface area contributed by atoms with Crippen LogP contribution in [0.4, 0.5) is 0 Å². The lowest BCUT2D eigenvalue weighted by Gasteiger charge is -2.48. The molecular formula is C15H28N2S. The lowest BCUT2D eigenvalue weighted by Crippen LogP contribution is -2.58. The molecule has 2 aliphatic heterocycles. The first kappa shape index (κ1) is 13.3. The van der Waals surface area contributed by atoms with Crippen LogP contribution in [0.2, 0.25) is 0 Å². The van der Waals surface area contributed by atoms with Crippen LogP contribution in [0, 0.1) is 5.92 Å². The van der Waals surface area contributed by atoms with Crippen LogP contribution in [-0.2, 0) is 0 Å². The summed E-state index contributed by atoms with van der Waals surface area (Å²) in [6.07, 6.45) is 11.4. The van der Waals surface area contributed by atoms with Crippen LogP contribution >= 0.6 is 11.8 Å². The zero-order valence-corrected chi connectivity index (χ0v) is 12.4. The molecule has 104 valence electrons. The van der Waals surface area contributed by atoms with E-state index in [1.54, 1.807) is 0 Å². The predicted molar refractivity (Wildman–Crippen MR) is 80.0 cm³/mol. The third-order valence-corrected chi connectivity index (χ3v) is 6.64. The monoisotopic (exact) mass is 268 g/mol. The van der Waals surface area contributed by atoms with Gasteiger partial charge in [-0.1, -0.05) is 12.8 Å². The van der Waals surface area contributed by atoms with E-state index in [9.17, 15) is 0 Å². The van der Waals surface area contributed by atoms with E-state index in [0.29, 0.717) is 5.54 Å². The third-order valence-electron chi connectivity index (χ3n) is 5.66. The van der Waals surface area contributed by atoms with Gasteiger partial charge >= 0.3 is 0 Å². The molecule has 2 saturated heterocycles. The Bertz CT molecular complexity index is 270. The molecule has 2 nitrogen and oxygen atoms in total. The highest BCUT2D eigenvalue weighted by Crippen LogP contribution is 2.42. The first-order chi connectivity index (χ1) is 8.86. The molecule has 0 spiro atoms. The molecule has 1 saturated carbocycles. The Kier molecular flexibility index (Phi) is 4.21. The summed E-state index contributed by atoms with van der Waals surface area (Å²) in [4.78, 5) is 2.88. The molecule has 0 aromatic heterocycles. The largest absolute Gasteiger partial charge is 0.329 e. The highest BCUT2D eigenvalue weighted by atomic mass is 32.2. The highest BCUT2D eigenvalue weighted by molar-refractivity contribution is 7.99. The Morgan fingerprint density at radius 2 is 1.78 bits per heavy atom. The number of hydrogen-bond acceptors (Lipinski definition) is 3. The van der Waals surface area contributed by atoms with E-state index in [1.807, 2.05) is 0 Å². The Hall–Kier alpha value is 0.270. The van der Waals surface area contributed by atoms with Gasteiger partial charge in [0.15, 0.2) is 0 Å². The Morgan fingerprint density at radius 1 is 1.06 bits per heavy atom. The molecular weight excluding hydrogens is 240 g/mol. The normalized spacial score (nSPS) is 34.2. The molecule has 0 bridgehead atoms. The topological polar surface area (TPSA) is 29.3 Å². The quantitative estimate of drug-likeness (QED) is 0.853. The van der Waals surface area contributed by atoms with E-state index in [-0.39, 0.29) is 0 Å². The average molecular weight is 268 g/mol. The van der Waals surface area contributed by atoms with Crippen molar-refractivity contribution in [1.82, 2.24) is 4.90 Å². The molecule has 0 radical (unpaired) electrons. The molecule has 1 aliphatic carbocycles. The van der Waals surface area contributed by atoms with Gasteiger partial charge in [0.05, 0.1) is 0 Å². The van der Waals surface area contributed by atoms with Crippen LogP contribution in [0.5, 0.6) is 0 Å².